The molecule has 1 aromatic carbocycles. The quantitative estimate of drug-likeness (QED) is 0.409. The summed E-state index contributed by atoms with van der Waals surface area (Å²) in [4.78, 5) is 25.7. The Balaban J connectivity index is 1.93. The summed E-state index contributed by atoms with van der Waals surface area (Å²) < 4.78 is 32.8. The summed E-state index contributed by atoms with van der Waals surface area (Å²) in [5.74, 6) is -0.871. The number of nitrogens with zero attached hydrogens (tertiary/aromatic N) is 1. The Morgan fingerprint density at radius 2 is 1.79 bits per heavy atom. The van der Waals surface area contributed by atoms with Crippen molar-refractivity contribution in [2.75, 3.05) is 26.2 Å². The van der Waals surface area contributed by atoms with E-state index in [4.69, 9.17) is 4.74 Å². The van der Waals surface area contributed by atoms with E-state index in [1.165, 1.54) is 35.7 Å². The fourth-order valence-electron chi connectivity index (χ4n) is 4.15. The van der Waals surface area contributed by atoms with Gasteiger partial charge in [0.2, 0.25) is 15.9 Å². The zero-order chi connectivity index (χ0) is 25.1. The lowest BCUT2D eigenvalue weighted by atomic mass is 9.98. The Bertz CT molecular complexity index is 894. The molecular formula is C25H41N3O5S. The average Bonchev–Trinajstić information content (AvgIpc) is 2.83. The van der Waals surface area contributed by atoms with Gasteiger partial charge in [-0.25, -0.2) is 8.42 Å². The minimum atomic E-state index is -3.68. The molecule has 192 valence electrons. The van der Waals surface area contributed by atoms with Crippen molar-refractivity contribution in [3.05, 3.63) is 29.8 Å². The molecule has 2 N–H and O–H groups in total. The number of nitrogens with one attached hydrogen (secondary N) is 2. The van der Waals surface area contributed by atoms with Crippen LogP contribution in [0.2, 0.25) is 0 Å². The summed E-state index contributed by atoms with van der Waals surface area (Å²) in [5.41, 5.74) is 0.201. The number of rotatable bonds is 13. The molecular weight excluding hydrogens is 454 g/mol. The van der Waals surface area contributed by atoms with Gasteiger partial charge in [0.1, 0.15) is 6.04 Å². The monoisotopic (exact) mass is 495 g/mol. The third-order valence-electron chi connectivity index (χ3n) is 6.20. The fraction of sp³-hybridized carbons (Fsp3) is 0.680. The van der Waals surface area contributed by atoms with E-state index in [-0.39, 0.29) is 22.3 Å². The minimum Gasteiger partial charge on any atom is -0.378 e. The SMILES string of the molecule is CCN(CC)S(=O)(=O)c1cccc(C(=O)N[C@H](C(=O)NCCCOC2CCCCC2)C(C)C)c1. The van der Waals surface area contributed by atoms with Gasteiger partial charge >= 0.3 is 0 Å². The molecule has 0 bridgehead atoms. The van der Waals surface area contributed by atoms with Crippen LogP contribution in [0.15, 0.2) is 29.2 Å². The topological polar surface area (TPSA) is 105 Å². The van der Waals surface area contributed by atoms with E-state index < -0.39 is 22.0 Å². The zero-order valence-electron chi connectivity index (χ0n) is 21.0. The smallest absolute Gasteiger partial charge is 0.251 e. The van der Waals surface area contributed by atoms with Crippen molar-refractivity contribution in [3.8, 4) is 0 Å². The van der Waals surface area contributed by atoms with Crippen molar-refractivity contribution in [3.63, 3.8) is 0 Å². The van der Waals surface area contributed by atoms with E-state index in [0.29, 0.717) is 38.8 Å². The third kappa shape index (κ3) is 8.06. The van der Waals surface area contributed by atoms with Gasteiger partial charge in [-0.1, -0.05) is 53.0 Å². The second-order valence-corrected chi connectivity index (χ2v) is 11.0. The van der Waals surface area contributed by atoms with Crippen molar-refractivity contribution >= 4 is 21.8 Å². The van der Waals surface area contributed by atoms with Gasteiger partial charge in [0, 0.05) is 31.8 Å². The standard InChI is InChI=1S/C25H41N3O5S/c1-5-28(6-2)34(31,32)22-15-10-12-20(18-22)24(29)27-23(19(3)4)25(30)26-16-11-17-33-21-13-8-7-9-14-21/h10,12,15,18-19,21,23H,5-9,11,13-14,16-17H2,1-4H3,(H,26,30)(H,27,29)/t23-/m0/s1. The molecule has 0 saturated heterocycles. The third-order valence-corrected chi connectivity index (χ3v) is 8.25. The maximum atomic E-state index is 12.9. The maximum Gasteiger partial charge on any atom is 0.251 e. The van der Waals surface area contributed by atoms with Gasteiger partial charge in [-0.05, 0) is 43.4 Å². The van der Waals surface area contributed by atoms with Crippen molar-refractivity contribution in [1.82, 2.24) is 14.9 Å². The van der Waals surface area contributed by atoms with E-state index >= 15 is 0 Å². The molecule has 0 unspecified atom stereocenters. The van der Waals surface area contributed by atoms with Gasteiger partial charge in [0.15, 0.2) is 0 Å². The van der Waals surface area contributed by atoms with Gasteiger partial charge in [-0.3, -0.25) is 9.59 Å². The highest BCUT2D eigenvalue weighted by Crippen LogP contribution is 2.20. The van der Waals surface area contributed by atoms with Crippen LogP contribution in [0.25, 0.3) is 0 Å². The Morgan fingerprint density at radius 3 is 2.41 bits per heavy atom. The molecule has 1 aliphatic rings. The van der Waals surface area contributed by atoms with Crippen LogP contribution in [0.4, 0.5) is 0 Å². The van der Waals surface area contributed by atoms with E-state index in [0.717, 1.165) is 12.8 Å². The van der Waals surface area contributed by atoms with E-state index in [2.05, 4.69) is 10.6 Å². The second-order valence-electron chi connectivity index (χ2n) is 9.09. The molecule has 1 aromatic rings. The lowest BCUT2D eigenvalue weighted by molar-refractivity contribution is -0.124. The van der Waals surface area contributed by atoms with Crippen LogP contribution in [0, 0.1) is 5.92 Å². The molecule has 0 heterocycles. The van der Waals surface area contributed by atoms with Crippen molar-refractivity contribution in [1.29, 1.82) is 0 Å². The highest BCUT2D eigenvalue weighted by atomic mass is 32.2. The van der Waals surface area contributed by atoms with Crippen LogP contribution < -0.4 is 10.6 Å². The highest BCUT2D eigenvalue weighted by molar-refractivity contribution is 7.89. The molecule has 8 nitrogen and oxygen atoms in total. The normalized spacial score (nSPS) is 15.9. The summed E-state index contributed by atoms with van der Waals surface area (Å²) in [6.07, 6.45) is 7.02. The molecule has 0 aromatic heterocycles. The van der Waals surface area contributed by atoms with E-state index in [1.54, 1.807) is 26.0 Å². The molecule has 34 heavy (non-hydrogen) atoms. The Hall–Kier alpha value is -1.97. The van der Waals surface area contributed by atoms with Crippen LogP contribution in [0.1, 0.15) is 76.6 Å². The summed E-state index contributed by atoms with van der Waals surface area (Å²) in [6, 6.07) is 5.21. The maximum absolute atomic E-state index is 12.9. The molecule has 0 spiro atoms. The largest absolute Gasteiger partial charge is 0.378 e. The number of hydrogen-bond donors (Lipinski definition) is 2. The highest BCUT2D eigenvalue weighted by Gasteiger charge is 2.26. The molecule has 2 rings (SSSR count). The summed E-state index contributed by atoms with van der Waals surface area (Å²) in [7, 11) is -3.68. The summed E-state index contributed by atoms with van der Waals surface area (Å²) >= 11 is 0. The van der Waals surface area contributed by atoms with Gasteiger partial charge in [0.05, 0.1) is 11.0 Å². The number of sulfonamides is 1. The first-order valence-electron chi connectivity index (χ1n) is 12.5. The average molecular weight is 496 g/mol. The number of carbonyl (C=O) groups is 2. The van der Waals surface area contributed by atoms with Gasteiger partial charge in [-0.15, -0.1) is 0 Å². The number of hydrogen-bond acceptors (Lipinski definition) is 5. The lowest BCUT2D eigenvalue weighted by Crippen LogP contribution is -2.50. The Labute approximate surface area is 204 Å². The van der Waals surface area contributed by atoms with Gasteiger partial charge < -0.3 is 15.4 Å². The molecule has 0 aliphatic heterocycles. The molecule has 1 aliphatic carbocycles. The Morgan fingerprint density at radius 1 is 1.12 bits per heavy atom. The second kappa shape index (κ2) is 13.8. The van der Waals surface area contributed by atoms with Crippen LogP contribution in [0.3, 0.4) is 0 Å². The van der Waals surface area contributed by atoms with Crippen molar-refractivity contribution in [2.24, 2.45) is 5.92 Å². The number of amides is 2. The predicted molar refractivity (Wildman–Crippen MR) is 133 cm³/mol. The van der Waals surface area contributed by atoms with Crippen molar-refractivity contribution < 1.29 is 22.7 Å². The van der Waals surface area contributed by atoms with Crippen LogP contribution in [-0.2, 0) is 19.6 Å². The molecule has 9 heteroatoms. The summed E-state index contributed by atoms with van der Waals surface area (Å²) in [6.45, 7) is 9.03. The van der Waals surface area contributed by atoms with E-state index in [9.17, 15) is 18.0 Å². The summed E-state index contributed by atoms with van der Waals surface area (Å²) in [5, 5.41) is 5.66. The minimum absolute atomic E-state index is 0.0624. The first-order chi connectivity index (χ1) is 16.2. The Kier molecular flexibility index (Phi) is 11.5. The first kappa shape index (κ1) is 28.3. The van der Waals surface area contributed by atoms with Crippen LogP contribution >= 0.6 is 0 Å². The van der Waals surface area contributed by atoms with Gasteiger partial charge in [-0.2, -0.15) is 4.31 Å². The van der Waals surface area contributed by atoms with E-state index in [1.807, 2.05) is 13.8 Å². The molecule has 2 amide bonds. The van der Waals surface area contributed by atoms with Gasteiger partial charge in [0.25, 0.3) is 5.91 Å². The molecule has 0 radical (unpaired) electrons. The molecule has 1 atom stereocenters. The lowest BCUT2D eigenvalue weighted by Gasteiger charge is -2.23. The van der Waals surface area contributed by atoms with Crippen LogP contribution in [-0.4, -0.2) is 62.9 Å². The number of ether oxygens (including phenoxy) is 1. The molecule has 1 saturated carbocycles. The zero-order valence-corrected chi connectivity index (χ0v) is 21.8. The first-order valence-corrected chi connectivity index (χ1v) is 13.9. The predicted octanol–water partition coefficient (Wildman–Crippen LogP) is 3.33. The molecule has 1 fully saturated rings. The fourth-order valence-corrected chi connectivity index (χ4v) is 5.65. The van der Waals surface area contributed by atoms with Crippen LogP contribution in [0.5, 0.6) is 0 Å². The number of carbonyl (C=O) groups excluding carboxylic acids is 2. The van der Waals surface area contributed by atoms with Crippen molar-refractivity contribution in [2.45, 2.75) is 83.3 Å². The number of benzene rings is 1.